The number of carbonyl (C=O) groups is 1. The summed E-state index contributed by atoms with van der Waals surface area (Å²) in [7, 11) is 0. The van der Waals surface area contributed by atoms with Gasteiger partial charge in [-0.1, -0.05) is 31.4 Å². The second-order valence-electron chi connectivity index (χ2n) is 9.32. The van der Waals surface area contributed by atoms with Crippen LogP contribution in [0.2, 0.25) is 0 Å². The van der Waals surface area contributed by atoms with Gasteiger partial charge in [0.15, 0.2) is 0 Å². The summed E-state index contributed by atoms with van der Waals surface area (Å²) in [6.07, 6.45) is 8.80. The number of halogens is 1. The molecule has 2 aliphatic heterocycles. The zero-order chi connectivity index (χ0) is 19.1. The van der Waals surface area contributed by atoms with E-state index in [1.54, 1.807) is 12.1 Å². The number of hydrogen-bond acceptors (Lipinski definition) is 3. The number of benzene rings is 1. The van der Waals surface area contributed by atoms with Gasteiger partial charge in [-0.2, -0.15) is 0 Å². The predicted molar refractivity (Wildman–Crippen MR) is 108 cm³/mol. The van der Waals surface area contributed by atoms with Crippen molar-refractivity contribution in [3.63, 3.8) is 0 Å². The number of hydrogen-bond donors (Lipinski definition) is 0. The van der Waals surface area contributed by atoms with Gasteiger partial charge in [-0.25, -0.2) is 4.39 Å². The van der Waals surface area contributed by atoms with Gasteiger partial charge in [0.2, 0.25) is 5.91 Å². The van der Waals surface area contributed by atoms with E-state index < -0.39 is 0 Å². The zero-order valence-electron chi connectivity index (χ0n) is 16.8. The fraction of sp³-hybridized carbons (Fsp3) is 0.696. The fourth-order valence-electron chi connectivity index (χ4n) is 5.59. The summed E-state index contributed by atoms with van der Waals surface area (Å²) in [6.45, 7) is 6.40. The molecule has 2 heterocycles. The second-order valence-corrected chi connectivity index (χ2v) is 9.32. The molecule has 0 bridgehead atoms. The lowest BCUT2D eigenvalue weighted by atomic mass is 9.91. The maximum Gasteiger partial charge on any atom is 0.233 e. The highest BCUT2D eigenvalue weighted by molar-refractivity contribution is 5.92. The number of piperazine rings is 1. The van der Waals surface area contributed by atoms with Crippen molar-refractivity contribution in [2.24, 2.45) is 0 Å². The minimum absolute atomic E-state index is 0.233. The lowest BCUT2D eigenvalue weighted by molar-refractivity contribution is -0.142. The molecule has 28 heavy (non-hydrogen) atoms. The van der Waals surface area contributed by atoms with E-state index in [0.717, 1.165) is 50.6 Å². The van der Waals surface area contributed by atoms with Crippen LogP contribution in [0, 0.1) is 5.82 Å². The van der Waals surface area contributed by atoms with E-state index in [-0.39, 0.29) is 17.1 Å². The Morgan fingerprint density at radius 2 is 1.43 bits per heavy atom. The third-order valence-corrected chi connectivity index (χ3v) is 7.66. The molecule has 1 amide bonds. The Labute approximate surface area is 167 Å². The van der Waals surface area contributed by atoms with Gasteiger partial charge in [-0.05, 0) is 43.4 Å². The molecule has 0 radical (unpaired) electrons. The minimum Gasteiger partial charge on any atom is -0.339 e. The van der Waals surface area contributed by atoms with Crippen LogP contribution < -0.4 is 0 Å². The molecule has 4 aliphatic rings. The van der Waals surface area contributed by atoms with Crippen molar-refractivity contribution < 1.29 is 9.18 Å². The monoisotopic (exact) mass is 385 g/mol. The highest BCUT2D eigenvalue weighted by atomic mass is 19.1. The van der Waals surface area contributed by atoms with Crippen LogP contribution in [0.3, 0.4) is 0 Å². The van der Waals surface area contributed by atoms with Gasteiger partial charge in [-0.15, -0.1) is 0 Å². The van der Waals surface area contributed by atoms with Crippen LogP contribution in [0.5, 0.6) is 0 Å². The summed E-state index contributed by atoms with van der Waals surface area (Å²) >= 11 is 0. The normalized spacial score (nSPS) is 26.8. The molecular weight excluding hydrogens is 353 g/mol. The van der Waals surface area contributed by atoms with Crippen LogP contribution in [0.15, 0.2) is 24.3 Å². The third-order valence-electron chi connectivity index (χ3n) is 7.66. The molecule has 152 valence electrons. The summed E-state index contributed by atoms with van der Waals surface area (Å²) < 4.78 is 13.2. The number of carbonyl (C=O) groups excluding carboxylic acids is 1. The van der Waals surface area contributed by atoms with Gasteiger partial charge in [0, 0.05) is 51.4 Å². The smallest absolute Gasteiger partial charge is 0.233 e. The van der Waals surface area contributed by atoms with Crippen molar-refractivity contribution >= 4 is 5.91 Å². The summed E-state index contributed by atoms with van der Waals surface area (Å²) in [6, 6.07) is 7.90. The fourth-order valence-corrected chi connectivity index (χ4v) is 5.59. The Morgan fingerprint density at radius 1 is 0.857 bits per heavy atom. The Bertz CT molecular complexity index is 697. The molecule has 5 heteroatoms. The van der Waals surface area contributed by atoms with Crippen molar-refractivity contribution in [1.82, 2.24) is 14.7 Å². The zero-order valence-corrected chi connectivity index (χ0v) is 16.8. The highest BCUT2D eigenvalue weighted by Crippen LogP contribution is 2.50. The Balaban J connectivity index is 1.12. The number of rotatable bonds is 4. The van der Waals surface area contributed by atoms with Crippen molar-refractivity contribution in [3.05, 3.63) is 35.6 Å². The molecular formula is C23H32FN3O. The van der Waals surface area contributed by atoms with E-state index in [0.29, 0.717) is 6.04 Å². The van der Waals surface area contributed by atoms with Gasteiger partial charge >= 0.3 is 0 Å². The molecule has 1 aromatic carbocycles. The van der Waals surface area contributed by atoms with E-state index >= 15 is 0 Å². The van der Waals surface area contributed by atoms with E-state index in [1.807, 2.05) is 4.90 Å². The molecule has 0 N–H and O–H groups in total. The molecule has 2 saturated carbocycles. The van der Waals surface area contributed by atoms with Gasteiger partial charge in [-0.3, -0.25) is 14.6 Å². The Morgan fingerprint density at radius 3 is 2.00 bits per heavy atom. The molecule has 2 aliphatic carbocycles. The van der Waals surface area contributed by atoms with Crippen LogP contribution in [-0.4, -0.2) is 72.0 Å². The molecule has 2 saturated heterocycles. The van der Waals surface area contributed by atoms with Crippen LogP contribution in [-0.2, 0) is 10.2 Å². The topological polar surface area (TPSA) is 26.8 Å². The Kier molecular flexibility index (Phi) is 4.92. The quantitative estimate of drug-likeness (QED) is 0.797. The molecule has 4 fully saturated rings. The summed E-state index contributed by atoms with van der Waals surface area (Å²) in [5.74, 6) is 0.0274. The van der Waals surface area contributed by atoms with Gasteiger partial charge < -0.3 is 4.90 Å². The summed E-state index contributed by atoms with van der Waals surface area (Å²) in [5, 5.41) is 0. The van der Waals surface area contributed by atoms with Crippen LogP contribution in [0.1, 0.15) is 50.5 Å². The van der Waals surface area contributed by atoms with Crippen molar-refractivity contribution in [3.8, 4) is 0 Å². The predicted octanol–water partition coefficient (Wildman–Crippen LogP) is 3.02. The first kappa shape index (κ1) is 18.6. The summed E-state index contributed by atoms with van der Waals surface area (Å²) in [5.41, 5.74) is 0.627. The van der Waals surface area contributed by atoms with Crippen LogP contribution in [0.25, 0.3) is 0 Å². The second kappa shape index (κ2) is 7.42. The first-order valence-corrected chi connectivity index (χ1v) is 11.2. The number of amides is 1. The van der Waals surface area contributed by atoms with E-state index in [1.165, 1.54) is 57.3 Å². The van der Waals surface area contributed by atoms with Crippen molar-refractivity contribution in [1.29, 1.82) is 0 Å². The van der Waals surface area contributed by atoms with Crippen LogP contribution in [0.4, 0.5) is 4.39 Å². The highest BCUT2D eigenvalue weighted by Gasteiger charge is 2.55. The largest absolute Gasteiger partial charge is 0.339 e. The lowest BCUT2D eigenvalue weighted by Crippen LogP contribution is -2.65. The van der Waals surface area contributed by atoms with Crippen molar-refractivity contribution in [2.45, 2.75) is 62.4 Å². The minimum atomic E-state index is -0.363. The van der Waals surface area contributed by atoms with E-state index in [4.69, 9.17) is 0 Å². The molecule has 4 nitrogen and oxygen atoms in total. The van der Waals surface area contributed by atoms with Gasteiger partial charge in [0.05, 0.1) is 5.41 Å². The summed E-state index contributed by atoms with van der Waals surface area (Å²) in [4.78, 5) is 20.4. The molecule has 0 unspecified atom stereocenters. The SMILES string of the molecule is O=C(N1CC(N2CCN(C3CCCCC3)CC2)C1)C1(c2ccc(F)cc2)CC1. The lowest BCUT2D eigenvalue weighted by Gasteiger charge is -2.50. The van der Waals surface area contributed by atoms with Gasteiger partial charge in [0.25, 0.3) is 0 Å². The van der Waals surface area contributed by atoms with Crippen LogP contribution >= 0.6 is 0 Å². The molecule has 0 aromatic heterocycles. The first-order chi connectivity index (χ1) is 13.7. The molecule has 1 aromatic rings. The standard InChI is InChI=1S/C23H32FN3O/c24-19-8-6-18(7-9-19)23(10-11-23)22(28)27-16-21(17-27)26-14-12-25(13-15-26)20-4-2-1-3-5-20/h6-9,20-21H,1-5,10-17H2. The van der Waals surface area contributed by atoms with Crippen molar-refractivity contribution in [2.75, 3.05) is 39.3 Å². The number of likely N-dealkylation sites (tertiary alicyclic amines) is 1. The maximum atomic E-state index is 13.2. The van der Waals surface area contributed by atoms with E-state index in [9.17, 15) is 9.18 Å². The first-order valence-electron chi connectivity index (χ1n) is 11.2. The Hall–Kier alpha value is -1.46. The average Bonchev–Trinajstić information content (AvgIpc) is 3.51. The molecule has 0 spiro atoms. The average molecular weight is 386 g/mol. The number of nitrogens with zero attached hydrogens (tertiary/aromatic N) is 3. The van der Waals surface area contributed by atoms with E-state index in [2.05, 4.69) is 9.80 Å². The maximum absolute atomic E-state index is 13.2. The molecule has 5 rings (SSSR count). The van der Waals surface area contributed by atoms with Gasteiger partial charge in [0.1, 0.15) is 5.82 Å². The molecule has 0 atom stereocenters. The third kappa shape index (κ3) is 3.37.